The molecule has 2 rings (SSSR count). The summed E-state index contributed by atoms with van der Waals surface area (Å²) in [5.41, 5.74) is 2.05. The van der Waals surface area contributed by atoms with E-state index in [4.69, 9.17) is 10.2 Å². The Kier molecular flexibility index (Phi) is 5.27. The van der Waals surface area contributed by atoms with Gasteiger partial charge < -0.3 is 10.2 Å². The lowest BCUT2D eigenvalue weighted by Gasteiger charge is -2.21. The van der Waals surface area contributed by atoms with Crippen molar-refractivity contribution in [1.82, 2.24) is 9.88 Å². The minimum Gasteiger partial charge on any atom is -0.395 e. The van der Waals surface area contributed by atoms with Gasteiger partial charge in [0.2, 0.25) is 0 Å². The number of rotatable bonds is 6. The average molecular weight is 325 g/mol. The van der Waals surface area contributed by atoms with Gasteiger partial charge in [-0.3, -0.25) is 9.88 Å². The van der Waals surface area contributed by atoms with Gasteiger partial charge in [-0.15, -0.1) is 0 Å². The van der Waals surface area contributed by atoms with Crippen molar-refractivity contribution in [2.24, 2.45) is 0 Å². The molecule has 0 amide bonds. The van der Waals surface area contributed by atoms with E-state index < -0.39 is 0 Å². The molecule has 0 saturated carbocycles. The Labute approximate surface area is 120 Å². The second-order valence-corrected chi connectivity index (χ2v) is 5.18. The maximum atomic E-state index is 9.05. The highest BCUT2D eigenvalue weighted by Crippen LogP contribution is 2.25. The van der Waals surface area contributed by atoms with E-state index in [1.54, 1.807) is 6.20 Å². The van der Waals surface area contributed by atoms with Crippen molar-refractivity contribution >= 4 is 26.8 Å². The summed E-state index contributed by atoms with van der Waals surface area (Å²) in [5.74, 6) is 0. The summed E-state index contributed by atoms with van der Waals surface area (Å²) in [6, 6.07) is 7.98. The quantitative estimate of drug-likeness (QED) is 0.850. The Bertz CT molecular complexity index is 542. The largest absolute Gasteiger partial charge is 0.395 e. The fraction of sp³-hybridized carbons (Fsp3) is 0.357. The number of benzene rings is 1. The SMILES string of the molecule is OCCN(CCO)Cc1ccc(Br)c2cccnc12. The van der Waals surface area contributed by atoms with Gasteiger partial charge in [-0.2, -0.15) is 0 Å². The van der Waals surface area contributed by atoms with Crippen LogP contribution in [0.25, 0.3) is 10.9 Å². The molecule has 1 aromatic heterocycles. The normalized spacial score (nSPS) is 11.4. The molecule has 1 aromatic carbocycles. The van der Waals surface area contributed by atoms with Gasteiger partial charge in [-0.25, -0.2) is 0 Å². The van der Waals surface area contributed by atoms with Crippen molar-refractivity contribution in [2.75, 3.05) is 26.3 Å². The van der Waals surface area contributed by atoms with E-state index in [0.717, 1.165) is 20.9 Å². The molecule has 0 bridgehead atoms. The highest BCUT2D eigenvalue weighted by Gasteiger charge is 2.10. The highest BCUT2D eigenvalue weighted by molar-refractivity contribution is 9.10. The van der Waals surface area contributed by atoms with Crippen LogP contribution in [0.3, 0.4) is 0 Å². The number of aliphatic hydroxyl groups is 2. The van der Waals surface area contributed by atoms with Crippen molar-refractivity contribution in [3.8, 4) is 0 Å². The van der Waals surface area contributed by atoms with Gasteiger partial charge in [0.05, 0.1) is 18.7 Å². The van der Waals surface area contributed by atoms with Gasteiger partial charge >= 0.3 is 0 Å². The molecule has 0 aliphatic rings. The molecule has 2 N–H and O–H groups in total. The van der Waals surface area contributed by atoms with Crippen molar-refractivity contribution in [3.05, 3.63) is 40.5 Å². The summed E-state index contributed by atoms with van der Waals surface area (Å²) in [6.45, 7) is 1.93. The second kappa shape index (κ2) is 6.96. The molecule has 0 fully saturated rings. The molecule has 2 aromatic rings. The molecule has 0 atom stereocenters. The van der Waals surface area contributed by atoms with Crippen LogP contribution >= 0.6 is 15.9 Å². The van der Waals surface area contributed by atoms with Crippen LogP contribution in [0.5, 0.6) is 0 Å². The lowest BCUT2D eigenvalue weighted by atomic mass is 10.1. The molecule has 0 aliphatic heterocycles. The van der Waals surface area contributed by atoms with Crippen LogP contribution in [0.4, 0.5) is 0 Å². The first-order chi connectivity index (χ1) is 9.26. The lowest BCUT2D eigenvalue weighted by molar-refractivity contribution is 0.156. The minimum atomic E-state index is 0.0852. The average Bonchev–Trinajstić information content (AvgIpc) is 2.43. The molecule has 19 heavy (non-hydrogen) atoms. The van der Waals surface area contributed by atoms with Gasteiger partial charge in [0.1, 0.15) is 0 Å². The molecule has 0 unspecified atom stereocenters. The van der Waals surface area contributed by atoms with Gasteiger partial charge in [0.15, 0.2) is 0 Å². The van der Waals surface area contributed by atoms with Gasteiger partial charge in [-0.05, 0) is 17.7 Å². The first-order valence-corrected chi connectivity index (χ1v) is 7.01. The number of halogens is 1. The van der Waals surface area contributed by atoms with Crippen LogP contribution in [-0.4, -0.2) is 46.4 Å². The van der Waals surface area contributed by atoms with Crippen LogP contribution in [0.15, 0.2) is 34.9 Å². The molecule has 0 radical (unpaired) electrons. The van der Waals surface area contributed by atoms with Crippen molar-refractivity contribution in [1.29, 1.82) is 0 Å². The highest BCUT2D eigenvalue weighted by atomic mass is 79.9. The van der Waals surface area contributed by atoms with E-state index in [9.17, 15) is 0 Å². The zero-order chi connectivity index (χ0) is 13.7. The number of nitrogens with zero attached hydrogens (tertiary/aromatic N) is 2. The van der Waals surface area contributed by atoms with Crippen LogP contribution < -0.4 is 0 Å². The summed E-state index contributed by atoms with van der Waals surface area (Å²) in [7, 11) is 0. The molecular formula is C14H17BrN2O2. The number of hydrogen-bond acceptors (Lipinski definition) is 4. The van der Waals surface area contributed by atoms with E-state index in [-0.39, 0.29) is 13.2 Å². The molecule has 102 valence electrons. The first-order valence-electron chi connectivity index (χ1n) is 6.22. The number of aliphatic hydroxyl groups excluding tert-OH is 2. The monoisotopic (exact) mass is 324 g/mol. The lowest BCUT2D eigenvalue weighted by Crippen LogP contribution is -2.29. The van der Waals surface area contributed by atoms with Gasteiger partial charge in [-0.1, -0.05) is 28.1 Å². The fourth-order valence-electron chi connectivity index (χ4n) is 2.12. The van der Waals surface area contributed by atoms with Crippen LogP contribution in [-0.2, 0) is 6.54 Å². The maximum absolute atomic E-state index is 9.05. The fourth-order valence-corrected chi connectivity index (χ4v) is 2.57. The van der Waals surface area contributed by atoms with Crippen molar-refractivity contribution in [2.45, 2.75) is 6.54 Å². The Balaban J connectivity index is 2.31. The van der Waals surface area contributed by atoms with E-state index in [0.29, 0.717) is 19.6 Å². The summed E-state index contributed by atoms with van der Waals surface area (Å²) in [4.78, 5) is 6.44. The summed E-state index contributed by atoms with van der Waals surface area (Å²) in [5, 5.41) is 19.2. The smallest absolute Gasteiger partial charge is 0.0758 e. The second-order valence-electron chi connectivity index (χ2n) is 4.33. The summed E-state index contributed by atoms with van der Waals surface area (Å²) < 4.78 is 1.02. The molecular weight excluding hydrogens is 308 g/mol. The Morgan fingerprint density at radius 2 is 1.84 bits per heavy atom. The Morgan fingerprint density at radius 3 is 2.53 bits per heavy atom. The third kappa shape index (κ3) is 3.51. The predicted molar refractivity (Wildman–Crippen MR) is 78.9 cm³/mol. The van der Waals surface area contributed by atoms with Crippen molar-refractivity contribution in [3.63, 3.8) is 0 Å². The van der Waals surface area contributed by atoms with E-state index in [1.165, 1.54) is 0 Å². The number of hydrogen-bond donors (Lipinski definition) is 2. The molecule has 0 aliphatic carbocycles. The van der Waals surface area contributed by atoms with Gasteiger partial charge in [0.25, 0.3) is 0 Å². The minimum absolute atomic E-state index is 0.0852. The van der Waals surface area contributed by atoms with E-state index >= 15 is 0 Å². The first kappa shape index (κ1) is 14.4. The molecule has 1 heterocycles. The van der Waals surface area contributed by atoms with E-state index in [1.807, 2.05) is 29.2 Å². The molecule has 4 nitrogen and oxygen atoms in total. The topological polar surface area (TPSA) is 56.6 Å². The van der Waals surface area contributed by atoms with Crippen LogP contribution in [0.1, 0.15) is 5.56 Å². The third-order valence-corrected chi connectivity index (χ3v) is 3.72. The Hall–Kier alpha value is -1.01. The zero-order valence-corrected chi connectivity index (χ0v) is 12.2. The predicted octanol–water partition coefficient (Wildman–Crippen LogP) is 1.78. The van der Waals surface area contributed by atoms with Gasteiger partial charge in [0, 0.05) is 35.7 Å². The summed E-state index contributed by atoms with van der Waals surface area (Å²) in [6.07, 6.45) is 1.78. The number of pyridine rings is 1. The number of aromatic nitrogens is 1. The van der Waals surface area contributed by atoms with Crippen molar-refractivity contribution < 1.29 is 10.2 Å². The molecule has 0 saturated heterocycles. The molecule has 0 spiro atoms. The third-order valence-electron chi connectivity index (χ3n) is 3.03. The van der Waals surface area contributed by atoms with E-state index in [2.05, 4.69) is 20.9 Å². The van der Waals surface area contributed by atoms with Crippen LogP contribution in [0.2, 0.25) is 0 Å². The standard InChI is InChI=1S/C14H17BrN2O2/c15-13-4-3-11(10-17(6-8-18)7-9-19)14-12(13)2-1-5-16-14/h1-5,18-19H,6-10H2. The molecule has 5 heteroatoms. The van der Waals surface area contributed by atoms with Crippen LogP contribution in [0, 0.1) is 0 Å². The summed E-state index contributed by atoms with van der Waals surface area (Å²) >= 11 is 3.53. The zero-order valence-electron chi connectivity index (χ0n) is 10.6. The Morgan fingerprint density at radius 1 is 1.11 bits per heavy atom. The number of fused-ring (bicyclic) bond motifs is 1. The maximum Gasteiger partial charge on any atom is 0.0758 e.